The monoisotopic (exact) mass is 388 g/mol. The van der Waals surface area contributed by atoms with Crippen LogP contribution in [0.2, 0.25) is 0 Å². The van der Waals surface area contributed by atoms with Gasteiger partial charge in [0.1, 0.15) is 11.6 Å². The van der Waals surface area contributed by atoms with Gasteiger partial charge in [0.05, 0.1) is 11.4 Å². The van der Waals surface area contributed by atoms with Crippen LogP contribution in [0.4, 0.5) is 11.5 Å². The second-order valence-corrected chi connectivity index (χ2v) is 8.08. The highest BCUT2D eigenvalue weighted by molar-refractivity contribution is 6.09. The Balaban J connectivity index is 1.67. The van der Waals surface area contributed by atoms with Crippen LogP contribution in [0.5, 0.6) is 0 Å². The van der Waals surface area contributed by atoms with Gasteiger partial charge in [0.2, 0.25) is 0 Å². The number of nitrogens with zero attached hydrogens (tertiary/aromatic N) is 2. The minimum absolute atomic E-state index is 0.0107. The van der Waals surface area contributed by atoms with E-state index in [1.165, 1.54) is 0 Å². The number of nitrogens with one attached hydrogen (secondary N) is 2. The summed E-state index contributed by atoms with van der Waals surface area (Å²) in [7, 11) is 0. The van der Waals surface area contributed by atoms with Crippen molar-refractivity contribution < 1.29 is 9.21 Å². The number of hydrogen-bond acceptors (Lipinski definition) is 5. The number of hydrazone groups is 1. The number of para-hydroxylation sites is 1. The van der Waals surface area contributed by atoms with Crippen molar-refractivity contribution in [1.82, 2.24) is 4.98 Å². The second kappa shape index (κ2) is 7.54. The molecule has 29 heavy (non-hydrogen) atoms. The lowest BCUT2D eigenvalue weighted by Gasteiger charge is -2.29. The van der Waals surface area contributed by atoms with Gasteiger partial charge in [-0.25, -0.2) is 4.98 Å². The maximum absolute atomic E-state index is 12.8. The number of carbonyl (C=O) groups is 1. The van der Waals surface area contributed by atoms with Crippen molar-refractivity contribution in [3.05, 3.63) is 77.4 Å². The fourth-order valence-corrected chi connectivity index (χ4v) is 3.68. The highest BCUT2D eigenvalue weighted by atomic mass is 16.4. The van der Waals surface area contributed by atoms with E-state index in [1.807, 2.05) is 43.3 Å². The first kappa shape index (κ1) is 18.9. The molecular weight excluding hydrogens is 364 g/mol. The van der Waals surface area contributed by atoms with E-state index in [-0.39, 0.29) is 11.3 Å². The Morgan fingerprint density at radius 2 is 1.86 bits per heavy atom. The van der Waals surface area contributed by atoms with Gasteiger partial charge in [0.25, 0.3) is 5.91 Å². The third-order valence-corrected chi connectivity index (χ3v) is 5.00. The van der Waals surface area contributed by atoms with Crippen LogP contribution in [0, 0.1) is 12.3 Å². The van der Waals surface area contributed by atoms with Crippen LogP contribution in [0.1, 0.15) is 47.7 Å². The minimum atomic E-state index is -0.302. The zero-order valence-electron chi connectivity index (χ0n) is 16.8. The van der Waals surface area contributed by atoms with Gasteiger partial charge in [0, 0.05) is 23.7 Å². The van der Waals surface area contributed by atoms with Crippen molar-refractivity contribution in [1.29, 1.82) is 0 Å². The Morgan fingerprint density at radius 1 is 1.10 bits per heavy atom. The van der Waals surface area contributed by atoms with Gasteiger partial charge in [-0.1, -0.05) is 38.1 Å². The summed E-state index contributed by atoms with van der Waals surface area (Å²) in [6.07, 6.45) is 3.18. The van der Waals surface area contributed by atoms with E-state index in [0.29, 0.717) is 11.6 Å². The predicted octanol–water partition coefficient (Wildman–Crippen LogP) is 5.02. The zero-order chi connectivity index (χ0) is 20.4. The largest absolute Gasteiger partial charge is 0.455 e. The maximum atomic E-state index is 12.8. The molecule has 0 radical (unpaired) electrons. The molecule has 2 heterocycles. The second-order valence-electron chi connectivity index (χ2n) is 8.08. The van der Waals surface area contributed by atoms with Crippen LogP contribution in [0.15, 0.2) is 64.2 Å². The molecule has 0 fully saturated rings. The van der Waals surface area contributed by atoms with Crippen molar-refractivity contribution in [2.75, 3.05) is 10.7 Å². The van der Waals surface area contributed by atoms with E-state index in [0.717, 1.165) is 41.1 Å². The highest BCUT2D eigenvalue weighted by Gasteiger charge is 2.36. The number of benzene rings is 1. The molecule has 0 saturated carbocycles. The Kier molecular flexibility index (Phi) is 4.92. The van der Waals surface area contributed by atoms with Crippen LogP contribution in [-0.2, 0) is 6.42 Å². The topological polar surface area (TPSA) is 79.5 Å². The van der Waals surface area contributed by atoms with Crippen molar-refractivity contribution in [2.24, 2.45) is 10.5 Å². The van der Waals surface area contributed by atoms with E-state index >= 15 is 0 Å². The maximum Gasteiger partial charge on any atom is 0.292 e. The molecule has 1 amide bonds. The first-order chi connectivity index (χ1) is 13.9. The summed E-state index contributed by atoms with van der Waals surface area (Å²) in [5.41, 5.74) is 6.67. The third-order valence-electron chi connectivity index (χ3n) is 5.00. The SMILES string of the molecule is Cc1c(C(=O)Nc2ccccn2)oc2c1/C(=N\Nc1ccccc1)CC(C)(C)C2. The lowest BCUT2D eigenvalue weighted by Crippen LogP contribution is -2.27. The Bertz CT molecular complexity index is 1050. The lowest BCUT2D eigenvalue weighted by molar-refractivity contribution is 0.0992. The molecular formula is C23H24N4O2. The third kappa shape index (κ3) is 4.06. The van der Waals surface area contributed by atoms with Gasteiger partial charge in [0.15, 0.2) is 5.76 Å². The molecule has 0 spiro atoms. The van der Waals surface area contributed by atoms with Gasteiger partial charge >= 0.3 is 0 Å². The number of amides is 1. The Labute approximate surface area is 170 Å². The number of carbonyl (C=O) groups excluding carboxylic acids is 1. The summed E-state index contributed by atoms with van der Waals surface area (Å²) >= 11 is 0. The summed E-state index contributed by atoms with van der Waals surface area (Å²) < 4.78 is 6.04. The average Bonchev–Trinajstić information content (AvgIpc) is 3.03. The molecule has 0 saturated heterocycles. The Hall–Kier alpha value is -3.41. The molecule has 2 N–H and O–H groups in total. The number of aromatic nitrogens is 1. The molecule has 4 rings (SSSR count). The molecule has 3 aromatic rings. The first-order valence-electron chi connectivity index (χ1n) is 9.65. The van der Waals surface area contributed by atoms with Gasteiger partial charge < -0.3 is 9.73 Å². The summed E-state index contributed by atoms with van der Waals surface area (Å²) in [5, 5.41) is 7.47. The van der Waals surface area contributed by atoms with Crippen molar-refractivity contribution in [3.8, 4) is 0 Å². The van der Waals surface area contributed by atoms with E-state index in [4.69, 9.17) is 4.42 Å². The van der Waals surface area contributed by atoms with E-state index < -0.39 is 0 Å². The van der Waals surface area contributed by atoms with Crippen molar-refractivity contribution in [3.63, 3.8) is 0 Å². The highest BCUT2D eigenvalue weighted by Crippen LogP contribution is 2.39. The van der Waals surface area contributed by atoms with Crippen molar-refractivity contribution in [2.45, 2.75) is 33.6 Å². The van der Waals surface area contributed by atoms with Gasteiger partial charge in [-0.15, -0.1) is 0 Å². The first-order valence-corrected chi connectivity index (χ1v) is 9.65. The summed E-state index contributed by atoms with van der Waals surface area (Å²) in [6, 6.07) is 15.2. The normalized spacial score (nSPS) is 16.3. The molecule has 0 unspecified atom stereocenters. The number of anilines is 2. The van der Waals surface area contributed by atoms with Crippen LogP contribution in [0.3, 0.4) is 0 Å². The average molecular weight is 388 g/mol. The number of pyridine rings is 1. The molecule has 148 valence electrons. The van der Waals surface area contributed by atoms with E-state index in [9.17, 15) is 4.79 Å². The van der Waals surface area contributed by atoms with Crippen LogP contribution in [-0.4, -0.2) is 16.6 Å². The molecule has 6 nitrogen and oxygen atoms in total. The number of furan rings is 1. The molecule has 2 aromatic heterocycles. The smallest absolute Gasteiger partial charge is 0.292 e. The van der Waals surface area contributed by atoms with Crippen LogP contribution >= 0.6 is 0 Å². The fraction of sp³-hybridized carbons (Fsp3) is 0.261. The molecule has 1 aliphatic rings. The quantitative estimate of drug-likeness (QED) is 0.615. The molecule has 1 aliphatic carbocycles. The number of fused-ring (bicyclic) bond motifs is 1. The summed E-state index contributed by atoms with van der Waals surface area (Å²) in [6.45, 7) is 6.27. The molecule has 6 heteroatoms. The summed E-state index contributed by atoms with van der Waals surface area (Å²) in [5.74, 6) is 1.30. The van der Waals surface area contributed by atoms with E-state index in [1.54, 1.807) is 18.3 Å². The van der Waals surface area contributed by atoms with E-state index in [2.05, 4.69) is 34.7 Å². The van der Waals surface area contributed by atoms with Gasteiger partial charge in [-0.3, -0.25) is 10.2 Å². The van der Waals surface area contributed by atoms with Crippen molar-refractivity contribution >= 4 is 23.1 Å². The summed E-state index contributed by atoms with van der Waals surface area (Å²) in [4.78, 5) is 16.9. The van der Waals surface area contributed by atoms with Gasteiger partial charge in [-0.05, 0) is 43.0 Å². The molecule has 0 atom stereocenters. The fourth-order valence-electron chi connectivity index (χ4n) is 3.68. The molecule has 0 aliphatic heterocycles. The molecule has 1 aromatic carbocycles. The van der Waals surface area contributed by atoms with Gasteiger partial charge in [-0.2, -0.15) is 5.10 Å². The zero-order valence-corrected chi connectivity index (χ0v) is 16.8. The Morgan fingerprint density at radius 3 is 2.59 bits per heavy atom. The minimum Gasteiger partial charge on any atom is -0.455 e. The van der Waals surface area contributed by atoms with Crippen LogP contribution in [0.25, 0.3) is 0 Å². The predicted molar refractivity (Wildman–Crippen MR) is 114 cm³/mol. The molecule has 0 bridgehead atoms. The lowest BCUT2D eigenvalue weighted by atomic mass is 9.75. The standard InChI is InChI=1S/C23H24N4O2/c1-15-20-17(27-26-16-9-5-4-6-10-16)13-23(2,3)14-18(20)29-21(15)22(28)25-19-11-7-8-12-24-19/h4-12,26H,13-14H2,1-3H3,(H,24,25,28)/b27-17-. The number of rotatable bonds is 4. The number of hydrogen-bond donors (Lipinski definition) is 2. The van der Waals surface area contributed by atoms with Crippen LogP contribution < -0.4 is 10.7 Å².